The highest BCUT2D eigenvalue weighted by atomic mass is 127. The van der Waals surface area contributed by atoms with Crippen LogP contribution in [-0.4, -0.2) is 49.1 Å². The Labute approximate surface area is 206 Å². The molecule has 2 aromatic rings. The number of nitrogens with zero attached hydrogens (tertiary/aromatic N) is 4. The molecule has 0 spiro atoms. The van der Waals surface area contributed by atoms with E-state index in [1.165, 1.54) is 16.8 Å². The third kappa shape index (κ3) is 7.34. The molecule has 8 nitrogen and oxygen atoms in total. The molecule has 1 unspecified atom stereocenters. The minimum Gasteiger partial charge on any atom is -0.382 e. The van der Waals surface area contributed by atoms with Gasteiger partial charge in [0.1, 0.15) is 23.3 Å². The first-order valence-electron chi connectivity index (χ1n) is 10.2. The van der Waals surface area contributed by atoms with Crippen molar-refractivity contribution in [2.75, 3.05) is 33.0 Å². The van der Waals surface area contributed by atoms with Crippen molar-refractivity contribution in [1.82, 2.24) is 20.4 Å². The lowest BCUT2D eigenvalue weighted by molar-refractivity contribution is 0.0205. The molecule has 1 aromatic heterocycles. The lowest BCUT2D eigenvalue weighted by Crippen LogP contribution is -2.45. The van der Waals surface area contributed by atoms with Gasteiger partial charge in [0.05, 0.1) is 17.5 Å². The predicted molar refractivity (Wildman–Crippen MR) is 136 cm³/mol. The Morgan fingerprint density at radius 1 is 1.31 bits per heavy atom. The second kappa shape index (κ2) is 12.6. The van der Waals surface area contributed by atoms with Crippen molar-refractivity contribution in [3.63, 3.8) is 0 Å². The SMILES string of the molecule is CN=C(NCCCc1nn(-c2ccc(F)cc2)c(N)c1C#N)NCC(OC)C(C)(C)C.I. The first-order valence-corrected chi connectivity index (χ1v) is 10.2. The molecule has 1 atom stereocenters. The molecule has 4 N–H and O–H groups in total. The fraction of sp³-hybridized carbons (Fsp3) is 0.500. The molecule has 0 fully saturated rings. The first-order chi connectivity index (χ1) is 14.7. The van der Waals surface area contributed by atoms with Crippen molar-refractivity contribution in [2.24, 2.45) is 10.4 Å². The van der Waals surface area contributed by atoms with Gasteiger partial charge < -0.3 is 21.1 Å². The van der Waals surface area contributed by atoms with E-state index in [4.69, 9.17) is 10.5 Å². The number of hydrogen-bond donors (Lipinski definition) is 3. The van der Waals surface area contributed by atoms with E-state index in [9.17, 15) is 9.65 Å². The Morgan fingerprint density at radius 2 is 1.97 bits per heavy atom. The van der Waals surface area contributed by atoms with E-state index in [0.29, 0.717) is 42.4 Å². The zero-order valence-corrected chi connectivity index (χ0v) is 21.6. The number of hydrogen-bond acceptors (Lipinski definition) is 5. The number of ether oxygens (including phenoxy) is 1. The molecule has 0 saturated carbocycles. The second-order valence-electron chi connectivity index (χ2n) is 8.28. The normalized spacial score (nSPS) is 12.6. The summed E-state index contributed by atoms with van der Waals surface area (Å²) >= 11 is 0. The van der Waals surface area contributed by atoms with Crippen molar-refractivity contribution < 1.29 is 9.13 Å². The number of aryl methyl sites for hydroxylation is 1. The largest absolute Gasteiger partial charge is 0.382 e. The molecule has 32 heavy (non-hydrogen) atoms. The van der Waals surface area contributed by atoms with E-state index in [0.717, 1.165) is 6.42 Å². The minimum atomic E-state index is -0.345. The van der Waals surface area contributed by atoms with Crippen LogP contribution in [0.2, 0.25) is 0 Å². The van der Waals surface area contributed by atoms with Crippen LogP contribution in [0.4, 0.5) is 10.2 Å². The maximum Gasteiger partial charge on any atom is 0.191 e. The van der Waals surface area contributed by atoms with E-state index in [2.05, 4.69) is 47.6 Å². The number of halogens is 2. The predicted octanol–water partition coefficient (Wildman–Crippen LogP) is 3.24. The van der Waals surface area contributed by atoms with Gasteiger partial charge in [0, 0.05) is 27.2 Å². The Hall–Kier alpha value is -2.39. The quantitative estimate of drug-likeness (QED) is 0.199. The molecule has 1 heterocycles. The maximum absolute atomic E-state index is 13.2. The summed E-state index contributed by atoms with van der Waals surface area (Å²) in [6, 6.07) is 7.94. The maximum atomic E-state index is 13.2. The topological polar surface area (TPSA) is 113 Å². The molecule has 0 aliphatic rings. The highest BCUT2D eigenvalue weighted by molar-refractivity contribution is 14.0. The summed E-state index contributed by atoms with van der Waals surface area (Å²) in [5.74, 6) is 0.591. The van der Waals surface area contributed by atoms with Gasteiger partial charge in [-0.3, -0.25) is 4.99 Å². The Balaban J connectivity index is 0.00000512. The van der Waals surface area contributed by atoms with Crippen LogP contribution in [0.1, 0.15) is 38.4 Å². The van der Waals surface area contributed by atoms with Crippen LogP contribution in [0.5, 0.6) is 0 Å². The molecule has 1 aromatic carbocycles. The van der Waals surface area contributed by atoms with Crippen LogP contribution >= 0.6 is 24.0 Å². The van der Waals surface area contributed by atoms with Crippen molar-refractivity contribution >= 4 is 35.8 Å². The third-order valence-electron chi connectivity index (χ3n) is 4.99. The van der Waals surface area contributed by atoms with Gasteiger partial charge in [0.25, 0.3) is 0 Å². The molecule has 0 aliphatic heterocycles. The molecule has 0 radical (unpaired) electrons. The van der Waals surface area contributed by atoms with Gasteiger partial charge >= 0.3 is 0 Å². The average molecular weight is 557 g/mol. The molecule has 0 aliphatic carbocycles. The monoisotopic (exact) mass is 557 g/mol. The summed E-state index contributed by atoms with van der Waals surface area (Å²) in [6.07, 6.45) is 1.33. The summed E-state index contributed by atoms with van der Waals surface area (Å²) in [7, 11) is 3.42. The number of rotatable bonds is 8. The Kier molecular flexibility index (Phi) is 10.9. The molecular weight excluding hydrogens is 524 g/mol. The van der Waals surface area contributed by atoms with Crippen LogP contribution in [0, 0.1) is 22.6 Å². The number of benzene rings is 1. The number of anilines is 1. The van der Waals surface area contributed by atoms with Crippen LogP contribution in [-0.2, 0) is 11.2 Å². The third-order valence-corrected chi connectivity index (χ3v) is 4.99. The van der Waals surface area contributed by atoms with Crippen LogP contribution in [0.3, 0.4) is 0 Å². The minimum absolute atomic E-state index is 0. The zero-order chi connectivity index (χ0) is 23.0. The summed E-state index contributed by atoms with van der Waals surface area (Å²) in [4.78, 5) is 4.24. The Bertz CT molecular complexity index is 929. The van der Waals surface area contributed by atoms with Crippen LogP contribution in [0.25, 0.3) is 5.69 Å². The van der Waals surface area contributed by atoms with Gasteiger partial charge in [-0.1, -0.05) is 20.8 Å². The van der Waals surface area contributed by atoms with Crippen LogP contribution < -0.4 is 16.4 Å². The van der Waals surface area contributed by atoms with Gasteiger partial charge in [-0.15, -0.1) is 24.0 Å². The van der Waals surface area contributed by atoms with Gasteiger partial charge in [-0.25, -0.2) is 9.07 Å². The van der Waals surface area contributed by atoms with Gasteiger partial charge in [-0.2, -0.15) is 10.4 Å². The second-order valence-corrected chi connectivity index (χ2v) is 8.28. The summed E-state index contributed by atoms with van der Waals surface area (Å²) < 4.78 is 20.2. The fourth-order valence-electron chi connectivity index (χ4n) is 3.17. The van der Waals surface area contributed by atoms with Crippen molar-refractivity contribution in [1.29, 1.82) is 5.26 Å². The smallest absolute Gasteiger partial charge is 0.191 e. The fourth-order valence-corrected chi connectivity index (χ4v) is 3.17. The number of methoxy groups -OCH3 is 1. The number of nitrogen functional groups attached to an aromatic ring is 1. The van der Waals surface area contributed by atoms with Gasteiger partial charge in [-0.05, 0) is 42.5 Å². The van der Waals surface area contributed by atoms with Gasteiger partial charge in [0.15, 0.2) is 5.96 Å². The molecular formula is C22H33FIN7O. The number of aromatic nitrogens is 2. The molecule has 0 bridgehead atoms. The molecule has 0 amide bonds. The number of aliphatic imine (C=N–C) groups is 1. The summed E-state index contributed by atoms with van der Waals surface area (Å²) in [6.45, 7) is 7.66. The highest BCUT2D eigenvalue weighted by Crippen LogP contribution is 2.22. The van der Waals surface area contributed by atoms with Crippen molar-refractivity contribution in [2.45, 2.75) is 39.7 Å². The van der Waals surface area contributed by atoms with E-state index < -0.39 is 0 Å². The molecule has 0 saturated heterocycles. The number of nitriles is 1. The zero-order valence-electron chi connectivity index (χ0n) is 19.3. The van der Waals surface area contributed by atoms with E-state index >= 15 is 0 Å². The molecule has 10 heteroatoms. The van der Waals surface area contributed by atoms with E-state index in [1.54, 1.807) is 26.3 Å². The van der Waals surface area contributed by atoms with Crippen molar-refractivity contribution in [3.05, 3.63) is 41.3 Å². The molecule has 176 valence electrons. The summed E-state index contributed by atoms with van der Waals surface area (Å²) in [5.41, 5.74) is 7.68. The number of nitrogens with two attached hydrogens (primary N) is 1. The standard InChI is InChI=1S/C22H32FN7O.HI/c1-22(2,3)19(31-5)14-28-21(26-4)27-12-6-7-18-17(13-24)20(25)30(29-18)16-10-8-15(23)9-11-16;/h8-11,19H,6-7,12,14,25H2,1-5H3,(H2,26,27,28);1H. The number of nitrogens with one attached hydrogen (secondary N) is 2. The highest BCUT2D eigenvalue weighted by Gasteiger charge is 2.24. The molecule has 2 rings (SSSR count). The van der Waals surface area contributed by atoms with E-state index in [1.807, 2.05) is 0 Å². The summed E-state index contributed by atoms with van der Waals surface area (Å²) in [5, 5.41) is 20.5. The first kappa shape index (κ1) is 27.6. The lowest BCUT2D eigenvalue weighted by Gasteiger charge is -2.30. The van der Waals surface area contributed by atoms with Crippen molar-refractivity contribution in [3.8, 4) is 11.8 Å². The van der Waals surface area contributed by atoms with Gasteiger partial charge in [0.2, 0.25) is 0 Å². The van der Waals surface area contributed by atoms with E-state index in [-0.39, 0.29) is 47.1 Å². The average Bonchev–Trinajstić information content (AvgIpc) is 3.04. The Morgan fingerprint density at radius 3 is 2.50 bits per heavy atom. The van der Waals surface area contributed by atoms with Crippen LogP contribution in [0.15, 0.2) is 29.3 Å². The number of guanidine groups is 1. The lowest BCUT2D eigenvalue weighted by atomic mass is 9.89.